The van der Waals surface area contributed by atoms with Crippen LogP contribution in [0.15, 0.2) is 0 Å². The number of ether oxygens (including phenoxy) is 1. The fourth-order valence-corrected chi connectivity index (χ4v) is 5.13. The van der Waals surface area contributed by atoms with Gasteiger partial charge in [0.1, 0.15) is 6.10 Å². The van der Waals surface area contributed by atoms with Gasteiger partial charge in [0.15, 0.2) is 0 Å². The maximum absolute atomic E-state index is 12.2. The fraction of sp³-hybridized carbons (Fsp3) is 0.933. The minimum absolute atomic E-state index is 0.00606. The van der Waals surface area contributed by atoms with Gasteiger partial charge in [-0.15, -0.1) is 0 Å². The molecule has 0 aromatic carbocycles. The van der Waals surface area contributed by atoms with Crippen LogP contribution in [0.5, 0.6) is 0 Å². The van der Waals surface area contributed by atoms with Crippen LogP contribution in [0.3, 0.4) is 0 Å². The maximum atomic E-state index is 12.2. The number of hydrogen-bond acceptors (Lipinski definition) is 5. The number of fused-ring (bicyclic) bond motifs is 4. The van der Waals surface area contributed by atoms with Crippen LogP contribution < -0.4 is 0 Å². The molecule has 3 aliphatic rings. The Bertz CT molecular complexity index is 411. The van der Waals surface area contributed by atoms with E-state index in [9.17, 15) is 20.1 Å². The van der Waals surface area contributed by atoms with Crippen LogP contribution in [0.25, 0.3) is 0 Å². The van der Waals surface area contributed by atoms with Crippen molar-refractivity contribution >= 4 is 5.97 Å². The molecule has 3 N–H and O–H groups in total. The van der Waals surface area contributed by atoms with Crippen LogP contribution in [0.2, 0.25) is 0 Å². The van der Waals surface area contributed by atoms with E-state index < -0.39 is 17.6 Å². The molecule has 0 unspecified atom stereocenters. The predicted molar refractivity (Wildman–Crippen MR) is 70.5 cm³/mol. The lowest BCUT2D eigenvalue weighted by atomic mass is 9.55. The zero-order valence-corrected chi connectivity index (χ0v) is 12.0. The molecule has 114 valence electrons. The molecule has 8 atom stereocenters. The van der Waals surface area contributed by atoms with Gasteiger partial charge in [0, 0.05) is 24.5 Å². The third-order valence-corrected chi connectivity index (χ3v) is 6.37. The predicted octanol–water partition coefficient (Wildman–Crippen LogP) is 0.172. The third-order valence-electron chi connectivity index (χ3n) is 6.37. The Kier molecular flexibility index (Phi) is 3.35. The van der Waals surface area contributed by atoms with E-state index in [4.69, 9.17) is 4.74 Å². The second-order valence-corrected chi connectivity index (χ2v) is 7.04. The molecule has 20 heavy (non-hydrogen) atoms. The zero-order chi connectivity index (χ0) is 14.7. The van der Waals surface area contributed by atoms with Gasteiger partial charge in [-0.1, -0.05) is 13.8 Å². The Morgan fingerprint density at radius 3 is 2.70 bits per heavy atom. The summed E-state index contributed by atoms with van der Waals surface area (Å²) < 4.78 is 5.45. The summed E-state index contributed by atoms with van der Waals surface area (Å²) in [6.45, 7) is 3.92. The van der Waals surface area contributed by atoms with E-state index in [1.54, 1.807) is 0 Å². The molecular formula is C15H24O5. The van der Waals surface area contributed by atoms with Gasteiger partial charge in [-0.2, -0.15) is 0 Å². The second kappa shape index (κ2) is 4.68. The number of rotatable bonds is 3. The molecule has 2 aliphatic carbocycles. The number of esters is 1. The molecule has 0 amide bonds. The first-order valence-electron chi connectivity index (χ1n) is 7.57. The molecule has 5 nitrogen and oxygen atoms in total. The monoisotopic (exact) mass is 284 g/mol. The van der Waals surface area contributed by atoms with Crippen LogP contribution >= 0.6 is 0 Å². The van der Waals surface area contributed by atoms with E-state index in [1.807, 2.05) is 13.8 Å². The van der Waals surface area contributed by atoms with Crippen LogP contribution in [-0.2, 0) is 9.53 Å². The number of aliphatic hydroxyl groups excluding tert-OH is 3. The third kappa shape index (κ3) is 1.57. The minimum Gasteiger partial charge on any atom is -0.459 e. The SMILES string of the molecule is C[C@H](CO)[C@@H]1[C@H]2OC(=O)[C@@H]1[C@@H]1CC[C@@H](CO)[C@]1(C)[C@@H]2O. The quantitative estimate of drug-likeness (QED) is 0.643. The van der Waals surface area contributed by atoms with Crippen molar-refractivity contribution in [3.63, 3.8) is 0 Å². The summed E-state index contributed by atoms with van der Waals surface area (Å²) in [7, 11) is 0. The standard InChI is InChI=1S/C15H24O5/c1-7(5-16)10-11-9-4-3-8(6-17)15(9,2)13(18)12(10)20-14(11)19/h7-13,16-18H,3-6H2,1-2H3/t7-,8+,9+,10+,11-,12-,13-,15+/m1/s1. The smallest absolute Gasteiger partial charge is 0.310 e. The van der Waals surface area contributed by atoms with Crippen LogP contribution in [-0.4, -0.2) is 46.7 Å². The highest BCUT2D eigenvalue weighted by molar-refractivity contribution is 5.77. The van der Waals surface area contributed by atoms with Crippen molar-refractivity contribution in [3.05, 3.63) is 0 Å². The summed E-state index contributed by atoms with van der Waals surface area (Å²) in [6, 6.07) is 0. The van der Waals surface area contributed by atoms with Crippen molar-refractivity contribution in [3.8, 4) is 0 Å². The second-order valence-electron chi connectivity index (χ2n) is 7.04. The van der Waals surface area contributed by atoms with Gasteiger partial charge in [-0.05, 0) is 30.6 Å². The minimum atomic E-state index is -0.756. The van der Waals surface area contributed by atoms with Gasteiger partial charge in [0.2, 0.25) is 0 Å². The normalized spacial score (nSPS) is 51.8. The first kappa shape index (κ1) is 14.3. The average molecular weight is 284 g/mol. The molecule has 3 rings (SSSR count). The number of carbonyl (C=O) groups is 1. The van der Waals surface area contributed by atoms with Crippen LogP contribution in [0.1, 0.15) is 26.7 Å². The fourth-order valence-electron chi connectivity index (χ4n) is 5.13. The van der Waals surface area contributed by atoms with Gasteiger partial charge >= 0.3 is 5.97 Å². The number of aliphatic hydroxyl groups is 3. The van der Waals surface area contributed by atoms with Crippen molar-refractivity contribution in [1.29, 1.82) is 0 Å². The molecular weight excluding hydrogens is 260 g/mol. The molecule has 1 aliphatic heterocycles. The molecule has 0 spiro atoms. The van der Waals surface area contributed by atoms with Crippen molar-refractivity contribution in [2.45, 2.75) is 38.9 Å². The van der Waals surface area contributed by atoms with Crippen molar-refractivity contribution in [2.75, 3.05) is 13.2 Å². The van der Waals surface area contributed by atoms with Gasteiger partial charge in [-0.25, -0.2) is 0 Å². The van der Waals surface area contributed by atoms with E-state index in [1.165, 1.54) is 0 Å². The molecule has 0 radical (unpaired) electrons. The summed E-state index contributed by atoms with van der Waals surface area (Å²) >= 11 is 0. The first-order chi connectivity index (χ1) is 9.46. The van der Waals surface area contributed by atoms with Crippen LogP contribution in [0, 0.1) is 35.0 Å². The zero-order valence-electron chi connectivity index (χ0n) is 12.0. The van der Waals surface area contributed by atoms with Crippen molar-refractivity contribution in [2.24, 2.45) is 35.0 Å². The molecule has 3 fully saturated rings. The molecule has 2 saturated carbocycles. The highest BCUT2D eigenvalue weighted by Crippen LogP contribution is 2.62. The molecule has 1 heterocycles. The highest BCUT2D eigenvalue weighted by Gasteiger charge is 2.68. The van der Waals surface area contributed by atoms with Gasteiger partial charge < -0.3 is 20.1 Å². The Morgan fingerprint density at radius 1 is 1.40 bits per heavy atom. The Hall–Kier alpha value is -0.650. The van der Waals surface area contributed by atoms with Gasteiger partial charge in [0.25, 0.3) is 0 Å². The lowest BCUT2D eigenvalue weighted by molar-refractivity contribution is -0.153. The van der Waals surface area contributed by atoms with Crippen LogP contribution in [0.4, 0.5) is 0 Å². The largest absolute Gasteiger partial charge is 0.459 e. The summed E-state index contributed by atoms with van der Waals surface area (Å²) in [5.41, 5.74) is -0.456. The van der Waals surface area contributed by atoms with E-state index >= 15 is 0 Å². The molecule has 5 heteroatoms. The van der Waals surface area contributed by atoms with Crippen molar-refractivity contribution < 1.29 is 24.9 Å². The van der Waals surface area contributed by atoms with Gasteiger partial charge in [0.05, 0.1) is 12.0 Å². The van der Waals surface area contributed by atoms with E-state index in [-0.39, 0.29) is 48.8 Å². The Balaban J connectivity index is 2.02. The maximum Gasteiger partial charge on any atom is 0.310 e. The van der Waals surface area contributed by atoms with E-state index in [2.05, 4.69) is 0 Å². The molecule has 0 aromatic rings. The highest BCUT2D eigenvalue weighted by atomic mass is 16.6. The van der Waals surface area contributed by atoms with Crippen molar-refractivity contribution in [1.82, 2.24) is 0 Å². The lowest BCUT2D eigenvalue weighted by Gasteiger charge is -2.49. The van der Waals surface area contributed by atoms with E-state index in [0.29, 0.717) is 0 Å². The number of carbonyl (C=O) groups excluding carboxylic acids is 1. The lowest BCUT2D eigenvalue weighted by Crippen LogP contribution is -2.57. The molecule has 2 bridgehead atoms. The first-order valence-corrected chi connectivity index (χ1v) is 7.57. The topological polar surface area (TPSA) is 87.0 Å². The molecule has 0 aromatic heterocycles. The summed E-state index contributed by atoms with van der Waals surface area (Å²) in [6.07, 6.45) is 0.377. The van der Waals surface area contributed by atoms with Gasteiger partial charge in [-0.3, -0.25) is 4.79 Å². The average Bonchev–Trinajstić information content (AvgIpc) is 2.92. The summed E-state index contributed by atoms with van der Waals surface area (Å²) in [5.74, 6) is -0.590. The summed E-state index contributed by atoms with van der Waals surface area (Å²) in [4.78, 5) is 12.2. The van der Waals surface area contributed by atoms with E-state index in [0.717, 1.165) is 12.8 Å². The Labute approximate surface area is 118 Å². The molecule has 1 saturated heterocycles. The summed E-state index contributed by atoms with van der Waals surface area (Å²) in [5, 5.41) is 29.8. The number of hydrogen-bond donors (Lipinski definition) is 3. The Morgan fingerprint density at radius 2 is 2.10 bits per heavy atom.